The Morgan fingerprint density at radius 3 is 2.77 bits per heavy atom. The standard InChI is InChI=1S/C24H23N5O5S/c1-28-19(11-18(27-28)16-10-15(32-2)4-5-20(16)33-3)23(31)29-8-6-17-21(12-29)35-24(25-17)26-22(30)14-7-9-34-13-14/h4-5,7,9-11,13H,6,8,12H2,1-3H3,(H,25,26,30). The van der Waals surface area contributed by atoms with Gasteiger partial charge in [0.25, 0.3) is 11.8 Å². The molecule has 1 aromatic carbocycles. The van der Waals surface area contributed by atoms with E-state index in [1.54, 1.807) is 43.0 Å². The second-order valence-corrected chi connectivity index (χ2v) is 9.02. The van der Waals surface area contributed by atoms with Gasteiger partial charge >= 0.3 is 0 Å². The fraction of sp³-hybridized carbons (Fsp3) is 0.250. The Morgan fingerprint density at radius 2 is 2.03 bits per heavy atom. The number of hydrogen-bond donors (Lipinski definition) is 1. The van der Waals surface area contributed by atoms with E-state index in [0.29, 0.717) is 53.1 Å². The smallest absolute Gasteiger partial charge is 0.272 e. The highest BCUT2D eigenvalue weighted by Gasteiger charge is 2.28. The highest BCUT2D eigenvalue weighted by molar-refractivity contribution is 7.15. The summed E-state index contributed by atoms with van der Waals surface area (Å²) in [4.78, 5) is 33.0. The molecule has 180 valence electrons. The molecular formula is C24H23N5O5S. The summed E-state index contributed by atoms with van der Waals surface area (Å²) in [5.41, 5.74) is 3.14. The third-order valence-corrected chi connectivity index (χ3v) is 6.80. The van der Waals surface area contributed by atoms with Crippen LogP contribution in [0.1, 0.15) is 31.4 Å². The molecule has 2 amide bonds. The van der Waals surface area contributed by atoms with Crippen LogP contribution in [0.4, 0.5) is 5.13 Å². The minimum Gasteiger partial charge on any atom is -0.497 e. The van der Waals surface area contributed by atoms with Crippen LogP contribution in [0.25, 0.3) is 11.3 Å². The van der Waals surface area contributed by atoms with E-state index >= 15 is 0 Å². The third-order valence-electron chi connectivity index (χ3n) is 5.80. The van der Waals surface area contributed by atoms with E-state index < -0.39 is 0 Å². The Balaban J connectivity index is 1.34. The van der Waals surface area contributed by atoms with Crippen molar-refractivity contribution in [2.24, 2.45) is 7.05 Å². The van der Waals surface area contributed by atoms with Crippen LogP contribution < -0.4 is 14.8 Å². The molecule has 0 unspecified atom stereocenters. The Bertz CT molecular complexity index is 1390. The molecule has 0 saturated carbocycles. The summed E-state index contributed by atoms with van der Waals surface area (Å²) in [6, 6.07) is 8.80. The molecule has 0 fully saturated rings. The molecular weight excluding hydrogens is 470 g/mol. The van der Waals surface area contributed by atoms with Crippen LogP contribution >= 0.6 is 11.3 Å². The summed E-state index contributed by atoms with van der Waals surface area (Å²) in [6.45, 7) is 0.935. The number of furan rings is 1. The van der Waals surface area contributed by atoms with Crippen LogP contribution in [0.2, 0.25) is 0 Å². The summed E-state index contributed by atoms with van der Waals surface area (Å²) in [5.74, 6) is 0.897. The number of fused-ring (bicyclic) bond motifs is 1. The molecule has 1 aliphatic rings. The summed E-state index contributed by atoms with van der Waals surface area (Å²) in [7, 11) is 4.93. The SMILES string of the molecule is COc1ccc(OC)c(-c2cc(C(=O)N3CCc4nc(NC(=O)c5ccoc5)sc4C3)n(C)n2)c1. The van der Waals surface area contributed by atoms with E-state index in [4.69, 9.17) is 13.9 Å². The second-order valence-electron chi connectivity index (χ2n) is 7.94. The first-order chi connectivity index (χ1) is 17.0. The lowest BCUT2D eigenvalue weighted by Crippen LogP contribution is -2.36. The van der Waals surface area contributed by atoms with E-state index in [-0.39, 0.29) is 11.8 Å². The highest BCUT2D eigenvalue weighted by atomic mass is 32.1. The number of carbonyl (C=O) groups excluding carboxylic acids is 2. The molecule has 4 aromatic rings. The van der Waals surface area contributed by atoms with Crippen molar-refractivity contribution in [3.63, 3.8) is 0 Å². The topological polar surface area (TPSA) is 112 Å². The molecule has 0 aliphatic carbocycles. The first-order valence-electron chi connectivity index (χ1n) is 10.8. The number of benzene rings is 1. The molecule has 10 nitrogen and oxygen atoms in total. The van der Waals surface area contributed by atoms with Gasteiger partial charge in [0.2, 0.25) is 0 Å². The molecule has 1 N–H and O–H groups in total. The minimum absolute atomic E-state index is 0.129. The van der Waals surface area contributed by atoms with Gasteiger partial charge in [-0.1, -0.05) is 11.3 Å². The zero-order valence-corrected chi connectivity index (χ0v) is 20.2. The monoisotopic (exact) mass is 493 g/mol. The van der Waals surface area contributed by atoms with Crippen LogP contribution in [-0.4, -0.2) is 52.2 Å². The molecule has 0 radical (unpaired) electrons. The van der Waals surface area contributed by atoms with E-state index in [9.17, 15) is 9.59 Å². The van der Waals surface area contributed by atoms with Gasteiger partial charge in [-0.3, -0.25) is 19.6 Å². The van der Waals surface area contributed by atoms with Gasteiger partial charge in [-0.2, -0.15) is 5.10 Å². The van der Waals surface area contributed by atoms with Gasteiger partial charge in [-0.25, -0.2) is 4.98 Å². The van der Waals surface area contributed by atoms with Gasteiger partial charge in [-0.15, -0.1) is 0 Å². The van der Waals surface area contributed by atoms with Crippen LogP contribution in [0.3, 0.4) is 0 Å². The normalized spacial score (nSPS) is 12.8. The average molecular weight is 494 g/mol. The van der Waals surface area contributed by atoms with Crippen molar-refractivity contribution in [1.82, 2.24) is 19.7 Å². The maximum atomic E-state index is 13.4. The number of nitrogens with one attached hydrogen (secondary N) is 1. The fourth-order valence-corrected chi connectivity index (χ4v) is 4.98. The van der Waals surface area contributed by atoms with Gasteiger partial charge in [0.05, 0.1) is 44.0 Å². The van der Waals surface area contributed by atoms with Crippen LogP contribution in [0.5, 0.6) is 11.5 Å². The van der Waals surface area contributed by atoms with Crippen molar-refractivity contribution >= 4 is 28.3 Å². The number of aryl methyl sites for hydroxylation is 1. The van der Waals surface area contributed by atoms with Gasteiger partial charge in [-0.05, 0) is 30.3 Å². The van der Waals surface area contributed by atoms with Crippen molar-refractivity contribution in [3.8, 4) is 22.8 Å². The predicted octanol–water partition coefficient (Wildman–Crippen LogP) is 3.60. The lowest BCUT2D eigenvalue weighted by molar-refractivity contribution is 0.0725. The van der Waals surface area contributed by atoms with Gasteiger partial charge in [0.1, 0.15) is 23.5 Å². The van der Waals surface area contributed by atoms with Crippen molar-refractivity contribution in [2.45, 2.75) is 13.0 Å². The number of anilines is 1. The second kappa shape index (κ2) is 9.26. The minimum atomic E-state index is -0.284. The summed E-state index contributed by atoms with van der Waals surface area (Å²) in [5, 5.41) is 7.86. The Morgan fingerprint density at radius 1 is 1.17 bits per heavy atom. The molecule has 0 bridgehead atoms. The molecule has 0 spiro atoms. The van der Waals surface area contributed by atoms with Gasteiger partial charge in [0, 0.05) is 30.5 Å². The molecule has 3 aromatic heterocycles. The number of methoxy groups -OCH3 is 2. The van der Waals surface area contributed by atoms with E-state index in [0.717, 1.165) is 16.1 Å². The van der Waals surface area contributed by atoms with E-state index in [1.807, 2.05) is 18.2 Å². The Kier molecular flexibility index (Phi) is 6.00. The number of nitrogens with zero attached hydrogens (tertiary/aromatic N) is 4. The number of aromatic nitrogens is 3. The molecule has 11 heteroatoms. The number of hydrogen-bond acceptors (Lipinski definition) is 8. The van der Waals surface area contributed by atoms with Gasteiger partial charge < -0.3 is 18.8 Å². The Hall–Kier alpha value is -4.12. The molecule has 1 aliphatic heterocycles. The highest BCUT2D eigenvalue weighted by Crippen LogP contribution is 2.34. The van der Waals surface area contributed by atoms with Crippen molar-refractivity contribution < 1.29 is 23.5 Å². The van der Waals surface area contributed by atoms with Crippen LogP contribution in [0, 0.1) is 0 Å². The Labute approximate surface area is 205 Å². The zero-order valence-electron chi connectivity index (χ0n) is 19.4. The molecule has 35 heavy (non-hydrogen) atoms. The number of amides is 2. The lowest BCUT2D eigenvalue weighted by Gasteiger charge is -2.25. The lowest BCUT2D eigenvalue weighted by atomic mass is 10.1. The summed E-state index contributed by atoms with van der Waals surface area (Å²) in [6.07, 6.45) is 3.43. The third kappa shape index (κ3) is 4.37. The van der Waals surface area contributed by atoms with E-state index in [2.05, 4.69) is 15.4 Å². The van der Waals surface area contributed by atoms with E-state index in [1.165, 1.54) is 23.9 Å². The quantitative estimate of drug-likeness (QED) is 0.437. The number of ether oxygens (including phenoxy) is 2. The number of thiazole rings is 1. The molecule has 0 saturated heterocycles. The first kappa shape index (κ1) is 22.7. The van der Waals surface area contributed by atoms with Gasteiger partial charge in [0.15, 0.2) is 5.13 Å². The maximum absolute atomic E-state index is 13.4. The summed E-state index contributed by atoms with van der Waals surface area (Å²) >= 11 is 1.37. The van der Waals surface area contributed by atoms with Crippen LogP contribution in [0.15, 0.2) is 47.3 Å². The van der Waals surface area contributed by atoms with Crippen molar-refractivity contribution in [3.05, 3.63) is 64.7 Å². The molecule has 0 atom stereocenters. The molecule has 5 rings (SSSR count). The maximum Gasteiger partial charge on any atom is 0.272 e. The zero-order chi connectivity index (χ0) is 24.5. The first-order valence-corrected chi connectivity index (χ1v) is 11.7. The summed E-state index contributed by atoms with van der Waals surface area (Å²) < 4.78 is 17.3. The number of carbonyl (C=O) groups is 2. The predicted molar refractivity (Wildman–Crippen MR) is 129 cm³/mol. The largest absolute Gasteiger partial charge is 0.497 e. The van der Waals surface area contributed by atoms with Crippen LogP contribution in [-0.2, 0) is 20.0 Å². The van der Waals surface area contributed by atoms with Crippen molar-refractivity contribution in [2.75, 3.05) is 26.1 Å². The van der Waals surface area contributed by atoms with Crippen molar-refractivity contribution in [1.29, 1.82) is 0 Å². The molecule has 4 heterocycles. The average Bonchev–Trinajstić information content (AvgIpc) is 3.62. The fourth-order valence-electron chi connectivity index (χ4n) is 3.96. The number of rotatable bonds is 6.